The number of nitro groups is 1. The minimum atomic E-state index is -0.463. The number of primary amides is 1. The van der Waals surface area contributed by atoms with Crippen molar-refractivity contribution in [2.24, 2.45) is 12.8 Å². The van der Waals surface area contributed by atoms with Crippen molar-refractivity contribution in [1.29, 1.82) is 0 Å². The van der Waals surface area contributed by atoms with E-state index in [0.717, 1.165) is 0 Å². The zero-order valence-corrected chi connectivity index (χ0v) is 10.6. The van der Waals surface area contributed by atoms with E-state index in [2.05, 4.69) is 10.4 Å². The van der Waals surface area contributed by atoms with Crippen LogP contribution in [0.3, 0.4) is 0 Å². The molecule has 0 fully saturated rings. The molecule has 0 aliphatic carbocycles. The highest BCUT2D eigenvalue weighted by Gasteiger charge is 2.28. The minimum absolute atomic E-state index is 0.0445. The average molecular weight is 255 g/mol. The number of amides is 1. The van der Waals surface area contributed by atoms with Gasteiger partial charge in [0, 0.05) is 25.9 Å². The Hall–Kier alpha value is -2.12. The number of nitrogens with zero attached hydrogens (tertiary/aromatic N) is 3. The Morgan fingerprint density at radius 2 is 2.22 bits per heavy atom. The van der Waals surface area contributed by atoms with Gasteiger partial charge in [0.25, 0.3) is 0 Å². The molecule has 0 radical (unpaired) electrons. The second-order valence-electron chi connectivity index (χ2n) is 4.26. The largest absolute Gasteiger partial charge is 0.370 e. The van der Waals surface area contributed by atoms with Gasteiger partial charge in [0.15, 0.2) is 0 Å². The van der Waals surface area contributed by atoms with Crippen molar-refractivity contribution < 1.29 is 9.72 Å². The van der Waals surface area contributed by atoms with E-state index >= 15 is 0 Å². The molecule has 0 saturated carbocycles. The Kier molecular flexibility index (Phi) is 4.24. The Morgan fingerprint density at radius 3 is 2.67 bits per heavy atom. The maximum atomic E-state index is 11.1. The van der Waals surface area contributed by atoms with E-state index in [-0.39, 0.29) is 24.6 Å². The molecular formula is C10H17N5O3. The summed E-state index contributed by atoms with van der Waals surface area (Å²) in [6.45, 7) is 3.91. The summed E-state index contributed by atoms with van der Waals surface area (Å²) in [6.07, 6.45) is 0.110. The summed E-state index contributed by atoms with van der Waals surface area (Å²) in [5, 5.41) is 18.0. The molecule has 1 heterocycles. The van der Waals surface area contributed by atoms with Crippen molar-refractivity contribution in [3.05, 3.63) is 15.8 Å². The van der Waals surface area contributed by atoms with Gasteiger partial charge in [-0.1, -0.05) is 13.8 Å². The van der Waals surface area contributed by atoms with Crippen LogP contribution in [0.4, 0.5) is 11.5 Å². The molecule has 1 aromatic rings. The zero-order valence-electron chi connectivity index (χ0n) is 10.6. The van der Waals surface area contributed by atoms with E-state index in [4.69, 9.17) is 5.73 Å². The van der Waals surface area contributed by atoms with E-state index in [9.17, 15) is 14.9 Å². The predicted molar refractivity (Wildman–Crippen MR) is 66.3 cm³/mol. The van der Waals surface area contributed by atoms with Crippen LogP contribution >= 0.6 is 0 Å². The second kappa shape index (κ2) is 5.48. The summed E-state index contributed by atoms with van der Waals surface area (Å²) in [5.41, 5.74) is 5.39. The van der Waals surface area contributed by atoms with Crippen molar-refractivity contribution in [1.82, 2.24) is 9.78 Å². The van der Waals surface area contributed by atoms with Gasteiger partial charge in [-0.05, 0) is 0 Å². The van der Waals surface area contributed by atoms with Gasteiger partial charge in [0.2, 0.25) is 11.7 Å². The first kappa shape index (κ1) is 13.9. The zero-order chi connectivity index (χ0) is 13.9. The summed E-state index contributed by atoms with van der Waals surface area (Å²) >= 11 is 0. The molecule has 1 aromatic heterocycles. The highest BCUT2D eigenvalue weighted by atomic mass is 16.6. The third-order valence-electron chi connectivity index (χ3n) is 2.44. The predicted octanol–water partition coefficient (Wildman–Crippen LogP) is 0.739. The summed E-state index contributed by atoms with van der Waals surface area (Å²) in [6, 6.07) is 0. The lowest BCUT2D eigenvalue weighted by molar-refractivity contribution is -0.384. The molecule has 0 bridgehead atoms. The lowest BCUT2D eigenvalue weighted by Gasteiger charge is -2.04. The van der Waals surface area contributed by atoms with Crippen molar-refractivity contribution in [2.45, 2.75) is 26.2 Å². The molecule has 3 N–H and O–H groups in total. The smallest absolute Gasteiger partial charge is 0.334 e. The van der Waals surface area contributed by atoms with Crippen LogP contribution in [0, 0.1) is 10.1 Å². The van der Waals surface area contributed by atoms with Gasteiger partial charge in [-0.3, -0.25) is 14.9 Å². The molecule has 100 valence electrons. The summed E-state index contributed by atoms with van der Waals surface area (Å²) < 4.78 is 1.41. The van der Waals surface area contributed by atoms with Gasteiger partial charge >= 0.3 is 5.69 Å². The average Bonchev–Trinajstić information content (AvgIpc) is 2.56. The first-order valence-corrected chi connectivity index (χ1v) is 5.58. The fourth-order valence-corrected chi connectivity index (χ4v) is 1.60. The maximum absolute atomic E-state index is 11.1. The van der Waals surface area contributed by atoms with Gasteiger partial charge in [-0.2, -0.15) is 5.10 Å². The number of hydrogen-bond donors (Lipinski definition) is 2. The second-order valence-corrected chi connectivity index (χ2v) is 4.26. The lowest BCUT2D eigenvalue weighted by atomic mass is 10.1. The number of nitrogens with one attached hydrogen (secondary N) is 1. The highest BCUT2D eigenvalue weighted by molar-refractivity contribution is 5.74. The molecule has 0 saturated heterocycles. The van der Waals surface area contributed by atoms with Gasteiger partial charge in [0.1, 0.15) is 5.69 Å². The number of carbonyl (C=O) groups is 1. The van der Waals surface area contributed by atoms with Gasteiger partial charge in [-0.15, -0.1) is 0 Å². The number of hydrogen-bond acceptors (Lipinski definition) is 5. The van der Waals surface area contributed by atoms with E-state index in [0.29, 0.717) is 11.5 Å². The molecule has 1 amide bonds. The molecule has 8 heteroatoms. The summed E-state index contributed by atoms with van der Waals surface area (Å²) in [4.78, 5) is 21.2. The van der Waals surface area contributed by atoms with Crippen molar-refractivity contribution in [3.8, 4) is 0 Å². The van der Waals surface area contributed by atoms with Crippen molar-refractivity contribution in [2.75, 3.05) is 11.9 Å². The van der Waals surface area contributed by atoms with Crippen LogP contribution in [0.1, 0.15) is 31.9 Å². The Balaban J connectivity index is 3.02. The SMILES string of the molecule is CC(C)c1nn(C)c(NCCC(N)=O)c1[N+](=O)[O-]. The molecule has 0 aliphatic rings. The first-order valence-electron chi connectivity index (χ1n) is 5.58. The lowest BCUT2D eigenvalue weighted by Crippen LogP contribution is -2.17. The molecular weight excluding hydrogens is 238 g/mol. The molecule has 0 unspecified atom stereocenters. The number of carbonyl (C=O) groups excluding carboxylic acids is 1. The number of anilines is 1. The molecule has 0 atom stereocenters. The van der Waals surface area contributed by atoms with Crippen LogP contribution in [0.5, 0.6) is 0 Å². The van der Waals surface area contributed by atoms with E-state index in [1.165, 1.54) is 4.68 Å². The number of nitrogens with two attached hydrogens (primary N) is 1. The number of aromatic nitrogens is 2. The Labute approximate surface area is 104 Å². The molecule has 0 spiro atoms. The van der Waals surface area contributed by atoms with E-state index in [1.807, 2.05) is 13.8 Å². The Bertz CT molecular complexity index is 466. The van der Waals surface area contributed by atoms with Crippen molar-refractivity contribution in [3.63, 3.8) is 0 Å². The highest BCUT2D eigenvalue weighted by Crippen LogP contribution is 2.32. The van der Waals surface area contributed by atoms with E-state index < -0.39 is 10.8 Å². The van der Waals surface area contributed by atoms with Crippen LogP contribution in [-0.4, -0.2) is 27.2 Å². The topological polar surface area (TPSA) is 116 Å². The van der Waals surface area contributed by atoms with Crippen LogP contribution in [0.25, 0.3) is 0 Å². The molecule has 0 aromatic carbocycles. The molecule has 1 rings (SSSR count). The van der Waals surface area contributed by atoms with E-state index in [1.54, 1.807) is 7.05 Å². The summed E-state index contributed by atoms with van der Waals surface area (Å²) in [7, 11) is 1.62. The summed E-state index contributed by atoms with van der Waals surface area (Å²) in [5.74, 6) is -0.218. The molecule has 8 nitrogen and oxygen atoms in total. The van der Waals surface area contributed by atoms with Crippen molar-refractivity contribution >= 4 is 17.4 Å². The van der Waals surface area contributed by atoms with Crippen LogP contribution in [-0.2, 0) is 11.8 Å². The third-order valence-corrected chi connectivity index (χ3v) is 2.44. The Morgan fingerprint density at radius 1 is 1.61 bits per heavy atom. The molecule has 0 aliphatic heterocycles. The number of rotatable bonds is 6. The van der Waals surface area contributed by atoms with Crippen LogP contribution < -0.4 is 11.1 Å². The maximum Gasteiger partial charge on any atom is 0.334 e. The standard InChI is InChI=1S/C10H17N5O3/c1-6(2)8-9(15(17)18)10(14(3)13-8)12-5-4-7(11)16/h6,12H,4-5H2,1-3H3,(H2,11,16). The van der Waals surface area contributed by atoms with Crippen LogP contribution in [0.2, 0.25) is 0 Å². The fourth-order valence-electron chi connectivity index (χ4n) is 1.60. The molecule has 18 heavy (non-hydrogen) atoms. The first-order chi connectivity index (χ1) is 8.34. The van der Waals surface area contributed by atoms with Gasteiger partial charge < -0.3 is 11.1 Å². The minimum Gasteiger partial charge on any atom is -0.370 e. The van der Waals surface area contributed by atoms with Gasteiger partial charge in [0.05, 0.1) is 4.92 Å². The number of aryl methyl sites for hydroxylation is 1. The fraction of sp³-hybridized carbons (Fsp3) is 0.600. The van der Waals surface area contributed by atoms with Gasteiger partial charge in [-0.25, -0.2) is 4.68 Å². The third kappa shape index (κ3) is 2.96. The monoisotopic (exact) mass is 255 g/mol. The normalized spacial score (nSPS) is 10.7. The quantitative estimate of drug-likeness (QED) is 0.574. The van der Waals surface area contributed by atoms with Crippen LogP contribution in [0.15, 0.2) is 0 Å².